The molecule has 1 aliphatic heterocycles. The number of fused-ring (bicyclic) bond motifs is 1. The maximum atomic E-state index is 10.8. The van der Waals surface area contributed by atoms with Crippen LogP contribution in [0.3, 0.4) is 0 Å². The highest BCUT2D eigenvalue weighted by Crippen LogP contribution is 2.35. The molecule has 0 aliphatic carbocycles. The van der Waals surface area contributed by atoms with Gasteiger partial charge in [-0.25, -0.2) is 4.79 Å². The Labute approximate surface area is 92.9 Å². The van der Waals surface area contributed by atoms with E-state index in [9.17, 15) is 4.79 Å². The van der Waals surface area contributed by atoms with Crippen molar-refractivity contribution in [2.45, 2.75) is 24.8 Å². The Morgan fingerprint density at radius 2 is 2.13 bits per heavy atom. The van der Waals surface area contributed by atoms with Crippen molar-refractivity contribution in [1.29, 1.82) is 0 Å². The van der Waals surface area contributed by atoms with Gasteiger partial charge in [0.15, 0.2) is 0 Å². The van der Waals surface area contributed by atoms with Gasteiger partial charge in [0, 0.05) is 16.3 Å². The number of carboxylic acids is 1. The summed E-state index contributed by atoms with van der Waals surface area (Å²) < 4.78 is 0. The number of aliphatic carboxylic acids is 1. The highest BCUT2D eigenvalue weighted by Gasteiger charge is 2.24. The lowest BCUT2D eigenvalue weighted by Gasteiger charge is -2.24. The minimum atomic E-state index is -0.786. The SMILES string of the molecule is Cc1cc2c(cc1C)SCC(C(=O)O)N2. The number of carboxylic acid groups (broad SMARTS) is 1. The third-order valence-electron chi connectivity index (χ3n) is 2.63. The number of hydrogen-bond donors (Lipinski definition) is 2. The Morgan fingerprint density at radius 1 is 1.47 bits per heavy atom. The molecule has 4 heteroatoms. The molecule has 1 atom stereocenters. The summed E-state index contributed by atoms with van der Waals surface area (Å²) >= 11 is 1.60. The Balaban J connectivity index is 2.34. The fraction of sp³-hybridized carbons (Fsp3) is 0.364. The second kappa shape index (κ2) is 3.77. The van der Waals surface area contributed by atoms with Gasteiger partial charge >= 0.3 is 5.97 Å². The molecule has 1 aromatic rings. The van der Waals surface area contributed by atoms with Crippen LogP contribution in [0, 0.1) is 13.8 Å². The molecule has 15 heavy (non-hydrogen) atoms. The van der Waals surface area contributed by atoms with E-state index in [2.05, 4.69) is 18.3 Å². The minimum Gasteiger partial charge on any atom is -0.480 e. The number of carbonyl (C=O) groups is 1. The van der Waals surface area contributed by atoms with Gasteiger partial charge in [0.05, 0.1) is 0 Å². The molecule has 0 spiro atoms. The summed E-state index contributed by atoms with van der Waals surface area (Å²) in [5, 5.41) is 12.0. The molecule has 0 fully saturated rings. The lowest BCUT2D eigenvalue weighted by Crippen LogP contribution is -2.34. The van der Waals surface area contributed by atoms with E-state index >= 15 is 0 Å². The molecular weight excluding hydrogens is 210 g/mol. The summed E-state index contributed by atoms with van der Waals surface area (Å²) in [6.45, 7) is 4.10. The van der Waals surface area contributed by atoms with E-state index in [4.69, 9.17) is 5.11 Å². The van der Waals surface area contributed by atoms with Crippen molar-refractivity contribution in [1.82, 2.24) is 0 Å². The zero-order valence-electron chi connectivity index (χ0n) is 8.70. The number of nitrogens with one attached hydrogen (secondary N) is 1. The van der Waals surface area contributed by atoms with Gasteiger partial charge in [-0.2, -0.15) is 0 Å². The molecule has 1 unspecified atom stereocenters. The normalized spacial score (nSPS) is 19.2. The van der Waals surface area contributed by atoms with Gasteiger partial charge in [0.2, 0.25) is 0 Å². The lowest BCUT2D eigenvalue weighted by atomic mass is 10.1. The van der Waals surface area contributed by atoms with Crippen LogP contribution in [-0.2, 0) is 4.79 Å². The highest BCUT2D eigenvalue weighted by atomic mass is 32.2. The van der Waals surface area contributed by atoms with Crippen LogP contribution >= 0.6 is 11.8 Å². The van der Waals surface area contributed by atoms with E-state index in [1.807, 2.05) is 13.0 Å². The minimum absolute atomic E-state index is 0.468. The van der Waals surface area contributed by atoms with Crippen molar-refractivity contribution >= 4 is 23.4 Å². The molecule has 0 amide bonds. The van der Waals surface area contributed by atoms with Crippen LogP contribution in [0.1, 0.15) is 11.1 Å². The summed E-state index contributed by atoms with van der Waals surface area (Å²) in [7, 11) is 0. The quantitative estimate of drug-likeness (QED) is 0.767. The predicted octanol–water partition coefficient (Wildman–Crippen LogP) is 2.27. The van der Waals surface area contributed by atoms with E-state index in [0.29, 0.717) is 5.75 Å². The first-order valence-electron chi connectivity index (χ1n) is 4.81. The zero-order chi connectivity index (χ0) is 11.0. The third-order valence-corrected chi connectivity index (χ3v) is 3.78. The average Bonchev–Trinajstić information content (AvgIpc) is 2.19. The van der Waals surface area contributed by atoms with Gasteiger partial charge < -0.3 is 10.4 Å². The average molecular weight is 223 g/mol. The van der Waals surface area contributed by atoms with Gasteiger partial charge in [0.25, 0.3) is 0 Å². The van der Waals surface area contributed by atoms with Crippen LogP contribution in [0.4, 0.5) is 5.69 Å². The van der Waals surface area contributed by atoms with E-state index in [1.54, 1.807) is 11.8 Å². The molecule has 1 heterocycles. The largest absolute Gasteiger partial charge is 0.480 e. The lowest BCUT2D eigenvalue weighted by molar-refractivity contribution is -0.137. The van der Waals surface area contributed by atoms with Crippen LogP contribution in [0.5, 0.6) is 0 Å². The van der Waals surface area contributed by atoms with E-state index < -0.39 is 12.0 Å². The summed E-state index contributed by atoms with van der Waals surface area (Å²) in [5.74, 6) is -0.198. The molecule has 0 radical (unpaired) electrons. The molecule has 1 aliphatic rings. The molecular formula is C11H13NO2S. The summed E-state index contributed by atoms with van der Waals surface area (Å²) in [5.41, 5.74) is 3.38. The number of anilines is 1. The first-order chi connectivity index (χ1) is 7.08. The fourth-order valence-corrected chi connectivity index (χ4v) is 2.66. The molecule has 3 nitrogen and oxygen atoms in total. The first kappa shape index (κ1) is 10.4. The van der Waals surface area contributed by atoms with Gasteiger partial charge in [0.1, 0.15) is 6.04 Å². The standard InChI is InChI=1S/C11H13NO2S/c1-6-3-8-10(4-7(6)2)15-5-9(12-8)11(13)14/h3-4,9,12H,5H2,1-2H3,(H,13,14). The van der Waals surface area contributed by atoms with Crippen LogP contribution in [0.25, 0.3) is 0 Å². The van der Waals surface area contributed by atoms with Crippen molar-refractivity contribution in [3.8, 4) is 0 Å². The molecule has 0 saturated heterocycles. The third kappa shape index (κ3) is 1.95. The Kier molecular flexibility index (Phi) is 2.61. The molecule has 2 N–H and O–H groups in total. The Bertz CT molecular complexity index is 417. The molecule has 2 rings (SSSR count). The molecule has 0 bridgehead atoms. The van der Waals surface area contributed by atoms with Crippen molar-refractivity contribution in [2.75, 3.05) is 11.1 Å². The number of thioether (sulfide) groups is 1. The van der Waals surface area contributed by atoms with Crippen LogP contribution in [0.15, 0.2) is 17.0 Å². The van der Waals surface area contributed by atoms with Gasteiger partial charge in [-0.1, -0.05) is 0 Å². The molecule has 80 valence electrons. The summed E-state index contributed by atoms with van der Waals surface area (Å²) in [4.78, 5) is 12.0. The van der Waals surface area contributed by atoms with E-state index in [1.165, 1.54) is 11.1 Å². The number of aryl methyl sites for hydroxylation is 2. The predicted molar refractivity (Wildman–Crippen MR) is 61.7 cm³/mol. The summed E-state index contributed by atoms with van der Waals surface area (Å²) in [6.07, 6.45) is 0. The molecule has 1 aromatic carbocycles. The second-order valence-corrected chi connectivity index (χ2v) is 4.84. The Morgan fingerprint density at radius 3 is 2.80 bits per heavy atom. The zero-order valence-corrected chi connectivity index (χ0v) is 9.52. The van der Waals surface area contributed by atoms with Crippen LogP contribution in [-0.4, -0.2) is 22.9 Å². The summed E-state index contributed by atoms with van der Waals surface area (Å²) in [6, 6.07) is 3.66. The molecule has 0 aromatic heterocycles. The smallest absolute Gasteiger partial charge is 0.326 e. The maximum absolute atomic E-state index is 10.8. The number of hydrogen-bond acceptors (Lipinski definition) is 3. The highest BCUT2D eigenvalue weighted by molar-refractivity contribution is 7.99. The van der Waals surface area contributed by atoms with Crippen LogP contribution in [0.2, 0.25) is 0 Å². The number of benzene rings is 1. The van der Waals surface area contributed by atoms with Gasteiger partial charge in [-0.15, -0.1) is 11.8 Å². The van der Waals surface area contributed by atoms with E-state index in [-0.39, 0.29) is 0 Å². The Hall–Kier alpha value is -1.16. The van der Waals surface area contributed by atoms with Crippen molar-refractivity contribution in [3.05, 3.63) is 23.3 Å². The van der Waals surface area contributed by atoms with Crippen molar-refractivity contribution < 1.29 is 9.90 Å². The van der Waals surface area contributed by atoms with Crippen molar-refractivity contribution in [3.63, 3.8) is 0 Å². The maximum Gasteiger partial charge on any atom is 0.326 e. The second-order valence-electron chi connectivity index (χ2n) is 3.78. The fourth-order valence-electron chi connectivity index (χ4n) is 1.56. The topological polar surface area (TPSA) is 49.3 Å². The first-order valence-corrected chi connectivity index (χ1v) is 5.80. The van der Waals surface area contributed by atoms with Gasteiger partial charge in [-0.05, 0) is 37.1 Å². The van der Waals surface area contributed by atoms with Crippen LogP contribution < -0.4 is 5.32 Å². The van der Waals surface area contributed by atoms with Crippen molar-refractivity contribution in [2.24, 2.45) is 0 Å². The molecule has 0 saturated carbocycles. The number of rotatable bonds is 1. The van der Waals surface area contributed by atoms with E-state index in [0.717, 1.165) is 10.6 Å². The van der Waals surface area contributed by atoms with Gasteiger partial charge in [-0.3, -0.25) is 0 Å². The monoisotopic (exact) mass is 223 g/mol.